The molecular formula is C17H27NOS. The van der Waals surface area contributed by atoms with Crippen LogP contribution < -0.4 is 0 Å². The Hall–Kier alpha value is -0.670. The highest BCUT2D eigenvalue weighted by Gasteiger charge is 2.23. The Bertz CT molecular complexity index is 410. The van der Waals surface area contributed by atoms with Crippen LogP contribution in [-0.4, -0.2) is 40.2 Å². The Balaban J connectivity index is 1.95. The second-order valence-electron chi connectivity index (χ2n) is 5.92. The summed E-state index contributed by atoms with van der Waals surface area (Å²) in [5, 5.41) is 0. The monoisotopic (exact) mass is 293 g/mol. The van der Waals surface area contributed by atoms with Crippen molar-refractivity contribution in [2.45, 2.75) is 44.6 Å². The van der Waals surface area contributed by atoms with Crippen LogP contribution in [0.1, 0.15) is 44.1 Å². The van der Waals surface area contributed by atoms with Gasteiger partial charge in [0.05, 0.1) is 0 Å². The van der Waals surface area contributed by atoms with Crippen LogP contribution in [0, 0.1) is 0 Å². The van der Waals surface area contributed by atoms with E-state index in [2.05, 4.69) is 49.2 Å². The quantitative estimate of drug-likeness (QED) is 0.801. The minimum Gasteiger partial charge on any atom is -0.303 e. The predicted molar refractivity (Wildman–Crippen MR) is 87.6 cm³/mol. The molecule has 1 fully saturated rings. The van der Waals surface area contributed by atoms with Crippen LogP contribution in [0.4, 0.5) is 0 Å². The molecule has 1 aromatic rings. The maximum absolute atomic E-state index is 11.5. The van der Waals surface area contributed by atoms with Gasteiger partial charge in [-0.15, -0.1) is 0 Å². The molecule has 0 amide bonds. The fraction of sp³-hybridized carbons (Fsp3) is 0.647. The molecule has 0 N–H and O–H groups in total. The van der Waals surface area contributed by atoms with E-state index in [1.54, 1.807) is 0 Å². The summed E-state index contributed by atoms with van der Waals surface area (Å²) in [4.78, 5) is 2.50. The molecule has 0 spiro atoms. The van der Waals surface area contributed by atoms with Gasteiger partial charge < -0.3 is 4.90 Å². The average molecular weight is 293 g/mol. The summed E-state index contributed by atoms with van der Waals surface area (Å²) in [5.41, 5.74) is 1.46. The first-order valence-electron chi connectivity index (χ1n) is 7.81. The molecule has 0 saturated carbocycles. The van der Waals surface area contributed by atoms with Crippen molar-refractivity contribution >= 4 is 10.8 Å². The van der Waals surface area contributed by atoms with Crippen LogP contribution in [0.3, 0.4) is 0 Å². The van der Waals surface area contributed by atoms with Crippen LogP contribution in [0.15, 0.2) is 30.3 Å². The Morgan fingerprint density at radius 1 is 1.25 bits per heavy atom. The molecule has 1 heterocycles. The Kier molecular flexibility index (Phi) is 6.24. The molecule has 1 atom stereocenters. The Labute approximate surface area is 126 Å². The van der Waals surface area contributed by atoms with Crippen molar-refractivity contribution in [3.63, 3.8) is 0 Å². The smallest absolute Gasteiger partial charge is 0.0249 e. The van der Waals surface area contributed by atoms with E-state index in [4.69, 9.17) is 0 Å². The van der Waals surface area contributed by atoms with Crippen LogP contribution >= 0.6 is 0 Å². The van der Waals surface area contributed by atoms with E-state index in [1.807, 2.05) is 0 Å². The van der Waals surface area contributed by atoms with Gasteiger partial charge in [-0.3, -0.25) is 4.21 Å². The molecule has 112 valence electrons. The van der Waals surface area contributed by atoms with Gasteiger partial charge in [-0.05, 0) is 37.8 Å². The van der Waals surface area contributed by atoms with Crippen molar-refractivity contribution < 1.29 is 4.21 Å². The topological polar surface area (TPSA) is 20.3 Å². The van der Waals surface area contributed by atoms with Gasteiger partial charge in [-0.25, -0.2) is 0 Å². The van der Waals surface area contributed by atoms with E-state index in [1.165, 1.54) is 18.4 Å². The minimum absolute atomic E-state index is 0.556. The van der Waals surface area contributed by atoms with Crippen molar-refractivity contribution in [3.05, 3.63) is 35.9 Å². The summed E-state index contributed by atoms with van der Waals surface area (Å²) in [5.74, 6) is 2.40. The zero-order valence-corrected chi connectivity index (χ0v) is 13.6. The Morgan fingerprint density at radius 3 is 2.50 bits per heavy atom. The first-order chi connectivity index (χ1) is 9.70. The highest BCUT2D eigenvalue weighted by Crippen LogP contribution is 2.24. The number of hydrogen-bond donors (Lipinski definition) is 0. The second kappa shape index (κ2) is 7.94. The van der Waals surface area contributed by atoms with Crippen molar-refractivity contribution in [3.8, 4) is 0 Å². The average Bonchev–Trinajstić information content (AvgIpc) is 2.48. The summed E-state index contributed by atoms with van der Waals surface area (Å²) < 4.78 is 11.5. The molecule has 1 saturated heterocycles. The van der Waals surface area contributed by atoms with E-state index in [9.17, 15) is 4.21 Å². The maximum Gasteiger partial charge on any atom is 0.0249 e. The lowest BCUT2D eigenvalue weighted by Gasteiger charge is -2.33. The number of benzene rings is 1. The first kappa shape index (κ1) is 15.7. The van der Waals surface area contributed by atoms with Gasteiger partial charge in [-0.2, -0.15) is 0 Å². The van der Waals surface area contributed by atoms with Crippen LogP contribution in [0.25, 0.3) is 0 Å². The SMILES string of the molecule is CCC[C@H](CN(C)C1CCS(=O)CC1)c1ccccc1. The molecule has 1 aliphatic heterocycles. The molecule has 0 unspecified atom stereocenters. The van der Waals surface area contributed by atoms with Crippen LogP contribution in [0.2, 0.25) is 0 Å². The van der Waals surface area contributed by atoms with E-state index in [0.717, 1.165) is 30.9 Å². The highest BCUT2D eigenvalue weighted by molar-refractivity contribution is 7.85. The van der Waals surface area contributed by atoms with E-state index in [0.29, 0.717) is 12.0 Å². The highest BCUT2D eigenvalue weighted by atomic mass is 32.2. The fourth-order valence-corrected chi connectivity index (χ4v) is 4.43. The van der Waals surface area contributed by atoms with Gasteiger partial charge in [0.25, 0.3) is 0 Å². The molecule has 1 aromatic carbocycles. The summed E-state index contributed by atoms with van der Waals surface area (Å²) in [6.07, 6.45) is 4.66. The zero-order valence-electron chi connectivity index (χ0n) is 12.8. The lowest BCUT2D eigenvalue weighted by Crippen LogP contribution is -2.39. The molecule has 0 aromatic heterocycles. The molecule has 20 heavy (non-hydrogen) atoms. The molecule has 0 aliphatic carbocycles. The summed E-state index contributed by atoms with van der Waals surface area (Å²) >= 11 is 0. The number of likely N-dealkylation sites (N-methyl/N-ethyl adjacent to an activating group) is 1. The molecule has 0 bridgehead atoms. The fourth-order valence-electron chi connectivity index (χ4n) is 3.16. The van der Waals surface area contributed by atoms with E-state index in [-0.39, 0.29) is 0 Å². The summed E-state index contributed by atoms with van der Waals surface area (Å²) in [7, 11) is 1.68. The number of rotatable bonds is 6. The van der Waals surface area contributed by atoms with Crippen molar-refractivity contribution in [1.29, 1.82) is 0 Å². The van der Waals surface area contributed by atoms with Crippen molar-refractivity contribution in [2.75, 3.05) is 25.1 Å². The van der Waals surface area contributed by atoms with Crippen LogP contribution in [0.5, 0.6) is 0 Å². The molecule has 2 nitrogen and oxygen atoms in total. The third kappa shape index (κ3) is 4.42. The first-order valence-corrected chi connectivity index (χ1v) is 9.29. The number of nitrogens with zero attached hydrogens (tertiary/aromatic N) is 1. The lowest BCUT2D eigenvalue weighted by molar-refractivity contribution is 0.211. The van der Waals surface area contributed by atoms with Gasteiger partial charge >= 0.3 is 0 Å². The van der Waals surface area contributed by atoms with Gasteiger partial charge in [0.1, 0.15) is 0 Å². The largest absolute Gasteiger partial charge is 0.303 e. The normalized spacial score (nSPS) is 24.8. The number of hydrogen-bond acceptors (Lipinski definition) is 2. The van der Waals surface area contributed by atoms with Gasteiger partial charge in [-0.1, -0.05) is 43.7 Å². The second-order valence-corrected chi connectivity index (χ2v) is 7.61. The molecule has 2 rings (SSSR count). The summed E-state index contributed by atoms with van der Waals surface area (Å²) in [6, 6.07) is 11.5. The zero-order chi connectivity index (χ0) is 14.4. The molecule has 3 heteroatoms. The minimum atomic E-state index is -0.556. The lowest BCUT2D eigenvalue weighted by atomic mass is 9.93. The molecular weight excluding hydrogens is 266 g/mol. The van der Waals surface area contributed by atoms with Crippen molar-refractivity contribution in [1.82, 2.24) is 4.90 Å². The van der Waals surface area contributed by atoms with E-state index < -0.39 is 10.8 Å². The molecule has 0 radical (unpaired) electrons. The predicted octanol–water partition coefficient (Wildman–Crippen LogP) is 3.41. The van der Waals surface area contributed by atoms with Gasteiger partial charge in [0.2, 0.25) is 0 Å². The third-order valence-electron chi connectivity index (χ3n) is 4.40. The maximum atomic E-state index is 11.5. The summed E-state index contributed by atoms with van der Waals surface area (Å²) in [6.45, 7) is 3.38. The molecule has 1 aliphatic rings. The van der Waals surface area contributed by atoms with E-state index >= 15 is 0 Å². The standard InChI is InChI=1S/C17H27NOS/c1-3-7-16(15-8-5-4-6-9-15)14-18(2)17-10-12-20(19)13-11-17/h4-6,8-9,16-17H,3,7,10-14H2,1-2H3/t16-,17?,20?/m1/s1. The van der Waals surface area contributed by atoms with Gasteiger partial charge in [0.15, 0.2) is 0 Å². The van der Waals surface area contributed by atoms with Crippen LogP contribution in [-0.2, 0) is 10.8 Å². The van der Waals surface area contributed by atoms with Crippen molar-refractivity contribution in [2.24, 2.45) is 0 Å². The Morgan fingerprint density at radius 2 is 1.90 bits per heavy atom. The third-order valence-corrected chi connectivity index (χ3v) is 5.78. The van der Waals surface area contributed by atoms with Gasteiger partial charge in [0, 0.05) is 34.9 Å².